The molecule has 0 aliphatic heterocycles. The molecule has 0 heterocycles. The maximum Gasteiger partial charge on any atom is 0.0515 e. The number of ether oxygens (including phenoxy) is 1. The van der Waals surface area contributed by atoms with Crippen LogP contribution < -0.4 is 0 Å². The zero-order chi connectivity index (χ0) is 8.74. The number of methoxy groups -OCH3 is 1. The lowest BCUT2D eigenvalue weighted by Crippen LogP contribution is -2.17. The van der Waals surface area contributed by atoms with Crippen molar-refractivity contribution in [2.75, 3.05) is 13.7 Å². The highest BCUT2D eigenvalue weighted by Gasteiger charge is 2.27. The molecule has 0 N–H and O–H groups in total. The molecule has 0 unspecified atom stereocenters. The fraction of sp³-hybridized carbons (Fsp3) is 1.00. The van der Waals surface area contributed by atoms with Gasteiger partial charge in [0.05, 0.1) is 6.61 Å². The quantitative estimate of drug-likeness (QED) is 0.599. The molecule has 1 saturated carbocycles. The molecule has 1 heteroatoms. The Morgan fingerprint density at radius 2 is 1.64 bits per heavy atom. The first-order valence-electron chi connectivity index (χ1n) is 4.76. The molecule has 0 atom stereocenters. The van der Waals surface area contributed by atoms with Crippen LogP contribution in [0.5, 0.6) is 0 Å². The molecule has 0 aromatic carbocycles. The first kappa shape index (κ1) is 11.0. The normalized spacial score (nSPS) is 20.7. The molecule has 1 nitrogen and oxygen atoms in total. The van der Waals surface area contributed by atoms with E-state index in [1.807, 2.05) is 13.8 Å². The van der Waals surface area contributed by atoms with Gasteiger partial charge in [0.25, 0.3) is 0 Å². The topological polar surface area (TPSA) is 9.23 Å². The van der Waals surface area contributed by atoms with Crippen LogP contribution >= 0.6 is 0 Å². The molecule has 0 aromatic rings. The van der Waals surface area contributed by atoms with Gasteiger partial charge in [0.1, 0.15) is 0 Å². The lowest BCUT2D eigenvalue weighted by molar-refractivity contribution is 0.0967. The highest BCUT2D eigenvalue weighted by molar-refractivity contribution is 4.79. The summed E-state index contributed by atoms with van der Waals surface area (Å²) in [4.78, 5) is 0. The van der Waals surface area contributed by atoms with Crippen LogP contribution in [-0.4, -0.2) is 13.7 Å². The Hall–Kier alpha value is -0.0400. The van der Waals surface area contributed by atoms with Gasteiger partial charge in [-0.2, -0.15) is 0 Å². The van der Waals surface area contributed by atoms with E-state index in [2.05, 4.69) is 6.92 Å². The molecule has 0 bridgehead atoms. The molecule has 11 heavy (non-hydrogen) atoms. The Morgan fingerprint density at radius 1 is 1.18 bits per heavy atom. The van der Waals surface area contributed by atoms with E-state index in [9.17, 15) is 0 Å². The van der Waals surface area contributed by atoms with Gasteiger partial charge >= 0.3 is 0 Å². The van der Waals surface area contributed by atoms with Crippen LogP contribution in [0.15, 0.2) is 0 Å². The first-order valence-corrected chi connectivity index (χ1v) is 4.76. The third-order valence-electron chi connectivity index (χ3n) is 2.30. The molecule has 1 rings (SSSR count). The van der Waals surface area contributed by atoms with E-state index in [0.29, 0.717) is 5.41 Å². The van der Waals surface area contributed by atoms with Gasteiger partial charge in [0.2, 0.25) is 0 Å². The fourth-order valence-electron chi connectivity index (χ4n) is 1.72. The van der Waals surface area contributed by atoms with Crippen molar-refractivity contribution in [3.63, 3.8) is 0 Å². The van der Waals surface area contributed by atoms with Crippen molar-refractivity contribution in [3.8, 4) is 0 Å². The van der Waals surface area contributed by atoms with Crippen molar-refractivity contribution < 1.29 is 4.74 Å². The number of hydrogen-bond acceptors (Lipinski definition) is 1. The number of hydrogen-bond donors (Lipinski definition) is 0. The summed E-state index contributed by atoms with van der Waals surface area (Å²) in [6.07, 6.45) is 5.53. The van der Waals surface area contributed by atoms with Crippen molar-refractivity contribution in [1.29, 1.82) is 0 Å². The summed E-state index contributed by atoms with van der Waals surface area (Å²) in [5.74, 6) is 0. The molecular weight excluding hydrogens is 136 g/mol. The fourth-order valence-corrected chi connectivity index (χ4v) is 1.72. The second-order valence-electron chi connectivity index (χ2n) is 3.45. The molecule has 0 amide bonds. The Labute approximate surface area is 71.1 Å². The van der Waals surface area contributed by atoms with Crippen LogP contribution in [0.4, 0.5) is 0 Å². The molecule has 0 spiro atoms. The molecule has 1 aliphatic rings. The summed E-state index contributed by atoms with van der Waals surface area (Å²) in [7, 11) is 1.80. The van der Waals surface area contributed by atoms with Crippen LogP contribution in [0.25, 0.3) is 0 Å². The van der Waals surface area contributed by atoms with Crippen molar-refractivity contribution in [3.05, 3.63) is 0 Å². The summed E-state index contributed by atoms with van der Waals surface area (Å²) in [6, 6.07) is 0. The average molecular weight is 158 g/mol. The van der Waals surface area contributed by atoms with E-state index in [4.69, 9.17) is 4.74 Å². The molecular formula is C10H22O. The lowest BCUT2D eigenvalue weighted by Gasteiger charge is -2.21. The Kier molecular flexibility index (Phi) is 5.57. The second-order valence-corrected chi connectivity index (χ2v) is 3.45. The van der Waals surface area contributed by atoms with Crippen LogP contribution in [-0.2, 0) is 4.74 Å². The van der Waals surface area contributed by atoms with E-state index in [-0.39, 0.29) is 0 Å². The second kappa shape index (κ2) is 5.59. The van der Waals surface area contributed by atoms with Gasteiger partial charge in [-0.15, -0.1) is 0 Å². The predicted octanol–water partition coefficient (Wildman–Crippen LogP) is 3.24. The largest absolute Gasteiger partial charge is 0.384 e. The van der Waals surface area contributed by atoms with Crippen molar-refractivity contribution in [1.82, 2.24) is 0 Å². The summed E-state index contributed by atoms with van der Waals surface area (Å²) >= 11 is 0. The SMILES string of the molecule is CC.COCC1(C)CCCC1. The van der Waals surface area contributed by atoms with Crippen molar-refractivity contribution in [2.45, 2.75) is 46.5 Å². The van der Waals surface area contributed by atoms with E-state index in [1.54, 1.807) is 7.11 Å². The van der Waals surface area contributed by atoms with Gasteiger partial charge < -0.3 is 4.74 Å². The van der Waals surface area contributed by atoms with Gasteiger partial charge in [-0.1, -0.05) is 33.6 Å². The molecule has 0 radical (unpaired) electrons. The third kappa shape index (κ3) is 3.76. The molecule has 68 valence electrons. The highest BCUT2D eigenvalue weighted by atomic mass is 16.5. The lowest BCUT2D eigenvalue weighted by atomic mass is 9.90. The monoisotopic (exact) mass is 158 g/mol. The van der Waals surface area contributed by atoms with Crippen LogP contribution in [0.1, 0.15) is 46.5 Å². The molecule has 1 fully saturated rings. The smallest absolute Gasteiger partial charge is 0.0515 e. The van der Waals surface area contributed by atoms with Gasteiger partial charge in [0.15, 0.2) is 0 Å². The number of rotatable bonds is 2. The maximum atomic E-state index is 5.13. The minimum Gasteiger partial charge on any atom is -0.384 e. The van der Waals surface area contributed by atoms with E-state index in [1.165, 1.54) is 25.7 Å². The summed E-state index contributed by atoms with van der Waals surface area (Å²) < 4.78 is 5.13. The van der Waals surface area contributed by atoms with E-state index < -0.39 is 0 Å². The standard InChI is InChI=1S/C8H16O.C2H6/c1-8(7-9-2)5-3-4-6-8;1-2/h3-7H2,1-2H3;1-2H3. The zero-order valence-electron chi connectivity index (χ0n) is 8.44. The van der Waals surface area contributed by atoms with Gasteiger partial charge in [-0.05, 0) is 18.3 Å². The van der Waals surface area contributed by atoms with Gasteiger partial charge in [-0.25, -0.2) is 0 Å². The summed E-state index contributed by atoms with van der Waals surface area (Å²) in [5, 5.41) is 0. The first-order chi connectivity index (χ1) is 5.27. The van der Waals surface area contributed by atoms with E-state index in [0.717, 1.165) is 6.61 Å². The highest BCUT2D eigenvalue weighted by Crippen LogP contribution is 2.37. The zero-order valence-corrected chi connectivity index (χ0v) is 8.44. The van der Waals surface area contributed by atoms with Crippen molar-refractivity contribution >= 4 is 0 Å². The predicted molar refractivity (Wildman–Crippen MR) is 49.8 cm³/mol. The Morgan fingerprint density at radius 3 is 2.00 bits per heavy atom. The van der Waals surface area contributed by atoms with Gasteiger partial charge in [-0.3, -0.25) is 0 Å². The minimum absolute atomic E-state index is 0.523. The van der Waals surface area contributed by atoms with Crippen LogP contribution in [0.2, 0.25) is 0 Å². The van der Waals surface area contributed by atoms with Crippen LogP contribution in [0, 0.1) is 5.41 Å². The van der Waals surface area contributed by atoms with Crippen LogP contribution in [0.3, 0.4) is 0 Å². The maximum absolute atomic E-state index is 5.13. The molecule has 0 aromatic heterocycles. The average Bonchev–Trinajstić information content (AvgIpc) is 2.41. The van der Waals surface area contributed by atoms with E-state index >= 15 is 0 Å². The summed E-state index contributed by atoms with van der Waals surface area (Å²) in [5.41, 5.74) is 0.523. The molecule has 0 saturated heterocycles. The van der Waals surface area contributed by atoms with Crippen molar-refractivity contribution in [2.24, 2.45) is 5.41 Å². The Bertz CT molecular complexity index is 82.9. The Balaban J connectivity index is 0.000000461. The minimum atomic E-state index is 0.523. The third-order valence-corrected chi connectivity index (χ3v) is 2.30. The summed E-state index contributed by atoms with van der Waals surface area (Å²) in [6.45, 7) is 7.27. The van der Waals surface area contributed by atoms with Gasteiger partial charge in [0, 0.05) is 7.11 Å². The molecule has 1 aliphatic carbocycles.